The van der Waals surface area contributed by atoms with Gasteiger partial charge < -0.3 is 5.11 Å². The number of nitrogens with zero attached hydrogens (tertiary/aromatic N) is 1. The molecule has 0 amide bonds. The Labute approximate surface area is 156 Å². The van der Waals surface area contributed by atoms with Crippen molar-refractivity contribution in [3.63, 3.8) is 0 Å². The minimum atomic E-state index is -0.0872. The molecule has 3 heteroatoms. The summed E-state index contributed by atoms with van der Waals surface area (Å²) in [7, 11) is 0. The lowest BCUT2D eigenvalue weighted by Gasteiger charge is -2.34. The number of aliphatic hydroxyl groups is 1. The van der Waals surface area contributed by atoms with Gasteiger partial charge in [0.05, 0.1) is 11.4 Å². The molecule has 1 atom stereocenters. The summed E-state index contributed by atoms with van der Waals surface area (Å²) in [5.41, 5.74) is 3.36. The van der Waals surface area contributed by atoms with Crippen LogP contribution < -0.4 is 0 Å². The number of aliphatic hydroxyl groups excluding tert-OH is 1. The highest BCUT2D eigenvalue weighted by molar-refractivity contribution is 8.04. The topological polar surface area (TPSA) is 32.6 Å². The van der Waals surface area contributed by atoms with Crippen LogP contribution in [0.25, 0.3) is 0 Å². The number of rotatable bonds is 4. The van der Waals surface area contributed by atoms with Gasteiger partial charge in [-0.2, -0.15) is 0 Å². The molecule has 0 aromatic heterocycles. The van der Waals surface area contributed by atoms with Gasteiger partial charge in [0, 0.05) is 16.4 Å². The standard InChI is InChI=1S/C22H29NOS/c1-15-6-9-17-19(10-7-15)25-20-11-8-16(12-18(20)23-17)22(4,5)13-21(2,3)14-24/h6,8-12,15,24H,7,13-14H2,1-5H3. The zero-order valence-corrected chi connectivity index (χ0v) is 16.8. The fraction of sp³-hybridized carbons (Fsp3) is 0.500. The van der Waals surface area contributed by atoms with Gasteiger partial charge in [-0.05, 0) is 53.4 Å². The van der Waals surface area contributed by atoms with E-state index in [-0.39, 0.29) is 17.4 Å². The monoisotopic (exact) mass is 355 g/mol. The molecule has 1 aromatic rings. The van der Waals surface area contributed by atoms with Crippen LogP contribution >= 0.6 is 11.8 Å². The highest BCUT2D eigenvalue weighted by Crippen LogP contribution is 2.45. The maximum Gasteiger partial charge on any atom is 0.0779 e. The van der Waals surface area contributed by atoms with E-state index in [1.807, 2.05) is 11.8 Å². The molecule has 1 aliphatic carbocycles. The van der Waals surface area contributed by atoms with E-state index in [9.17, 15) is 5.11 Å². The molecule has 0 fully saturated rings. The Balaban J connectivity index is 1.95. The van der Waals surface area contributed by atoms with E-state index in [0.29, 0.717) is 5.92 Å². The Morgan fingerprint density at radius 2 is 2.00 bits per heavy atom. The molecule has 0 spiro atoms. The number of thioether (sulfide) groups is 1. The molecule has 2 aliphatic rings. The highest BCUT2D eigenvalue weighted by atomic mass is 32.2. The molecule has 134 valence electrons. The average Bonchev–Trinajstić information content (AvgIpc) is 2.73. The van der Waals surface area contributed by atoms with Crippen molar-refractivity contribution in [3.8, 4) is 0 Å². The molecule has 0 bridgehead atoms. The van der Waals surface area contributed by atoms with E-state index in [2.05, 4.69) is 71.0 Å². The molecule has 0 saturated carbocycles. The van der Waals surface area contributed by atoms with Gasteiger partial charge in [0.15, 0.2) is 0 Å². The molecule has 1 N–H and O–H groups in total. The van der Waals surface area contributed by atoms with Gasteiger partial charge in [-0.15, -0.1) is 0 Å². The zero-order chi connectivity index (χ0) is 18.2. The first-order valence-electron chi connectivity index (χ1n) is 9.11. The fourth-order valence-electron chi connectivity index (χ4n) is 3.71. The Kier molecular flexibility index (Phi) is 5.00. The molecular weight excluding hydrogens is 326 g/mol. The minimum absolute atomic E-state index is 0.00393. The SMILES string of the molecule is CC1C=CC2=Nc3cc(C(C)(C)CC(C)(C)CO)ccc3SC2=CC1. The third-order valence-corrected chi connectivity index (χ3v) is 6.22. The minimum Gasteiger partial charge on any atom is -0.396 e. The van der Waals surface area contributed by atoms with Crippen LogP contribution in [0.5, 0.6) is 0 Å². The Morgan fingerprint density at radius 1 is 1.24 bits per heavy atom. The third-order valence-electron chi connectivity index (χ3n) is 5.06. The molecule has 1 aliphatic heterocycles. The second-order valence-corrected chi connectivity index (χ2v) is 9.89. The maximum atomic E-state index is 9.63. The summed E-state index contributed by atoms with van der Waals surface area (Å²) in [6, 6.07) is 6.68. The number of hydrogen-bond acceptors (Lipinski definition) is 3. The van der Waals surface area contributed by atoms with Crippen LogP contribution in [0.4, 0.5) is 5.69 Å². The first kappa shape index (κ1) is 18.5. The van der Waals surface area contributed by atoms with E-state index >= 15 is 0 Å². The Bertz CT molecular complexity index is 755. The fourth-order valence-corrected chi connectivity index (χ4v) is 4.69. The molecule has 1 aromatic carbocycles. The van der Waals surface area contributed by atoms with Crippen molar-refractivity contribution in [2.45, 2.75) is 57.8 Å². The summed E-state index contributed by atoms with van der Waals surface area (Å²) in [4.78, 5) is 7.46. The summed E-state index contributed by atoms with van der Waals surface area (Å²) in [5.74, 6) is 0.569. The van der Waals surface area contributed by atoms with Crippen LogP contribution in [0, 0.1) is 11.3 Å². The van der Waals surface area contributed by atoms with Crippen molar-refractivity contribution >= 4 is 23.2 Å². The van der Waals surface area contributed by atoms with Crippen molar-refractivity contribution in [2.75, 3.05) is 6.61 Å². The highest BCUT2D eigenvalue weighted by Gasteiger charge is 2.31. The molecule has 0 saturated heterocycles. The summed E-state index contributed by atoms with van der Waals surface area (Å²) < 4.78 is 0. The second-order valence-electron chi connectivity index (χ2n) is 8.81. The molecule has 2 nitrogen and oxygen atoms in total. The van der Waals surface area contributed by atoms with Crippen LogP contribution in [0.3, 0.4) is 0 Å². The van der Waals surface area contributed by atoms with Crippen molar-refractivity contribution in [1.82, 2.24) is 0 Å². The summed E-state index contributed by atoms with van der Waals surface area (Å²) in [6.45, 7) is 11.2. The van der Waals surface area contributed by atoms with Crippen molar-refractivity contribution < 1.29 is 5.11 Å². The van der Waals surface area contributed by atoms with Crippen LogP contribution in [-0.2, 0) is 5.41 Å². The smallest absolute Gasteiger partial charge is 0.0779 e. The molecular formula is C22H29NOS. The van der Waals surface area contributed by atoms with E-state index in [1.165, 1.54) is 15.4 Å². The number of aliphatic imine (C=N–C) groups is 1. The third kappa shape index (κ3) is 4.09. The van der Waals surface area contributed by atoms with Gasteiger partial charge in [-0.25, -0.2) is 4.99 Å². The largest absolute Gasteiger partial charge is 0.396 e. The number of allylic oxidation sites excluding steroid dienone is 4. The first-order valence-corrected chi connectivity index (χ1v) is 9.92. The number of fused-ring (bicyclic) bond motifs is 2. The van der Waals surface area contributed by atoms with Gasteiger partial charge in [0.1, 0.15) is 0 Å². The van der Waals surface area contributed by atoms with Crippen LogP contribution in [0.1, 0.15) is 53.0 Å². The lowest BCUT2D eigenvalue weighted by atomic mass is 9.72. The predicted octanol–water partition coefficient (Wildman–Crippen LogP) is 6.03. The van der Waals surface area contributed by atoms with Gasteiger partial charge in [-0.1, -0.05) is 64.6 Å². The first-order chi connectivity index (χ1) is 11.7. The number of benzene rings is 1. The van der Waals surface area contributed by atoms with Gasteiger partial charge in [0.25, 0.3) is 0 Å². The lowest BCUT2D eigenvalue weighted by molar-refractivity contribution is 0.126. The van der Waals surface area contributed by atoms with Crippen LogP contribution in [-0.4, -0.2) is 17.4 Å². The zero-order valence-electron chi connectivity index (χ0n) is 16.0. The van der Waals surface area contributed by atoms with E-state index in [4.69, 9.17) is 4.99 Å². The van der Waals surface area contributed by atoms with Crippen molar-refractivity contribution in [1.29, 1.82) is 0 Å². The molecule has 3 rings (SSSR count). The van der Waals surface area contributed by atoms with Crippen LogP contribution in [0.2, 0.25) is 0 Å². The summed E-state index contributed by atoms with van der Waals surface area (Å²) in [5, 5.41) is 9.63. The van der Waals surface area contributed by atoms with Crippen molar-refractivity contribution in [3.05, 3.63) is 46.9 Å². The quantitative estimate of drug-likeness (QED) is 0.715. The Morgan fingerprint density at radius 3 is 2.72 bits per heavy atom. The van der Waals surface area contributed by atoms with Gasteiger partial charge in [-0.3, -0.25) is 0 Å². The lowest BCUT2D eigenvalue weighted by Crippen LogP contribution is -2.29. The summed E-state index contributed by atoms with van der Waals surface area (Å²) in [6.07, 6.45) is 8.76. The summed E-state index contributed by atoms with van der Waals surface area (Å²) >= 11 is 1.83. The average molecular weight is 356 g/mol. The molecule has 25 heavy (non-hydrogen) atoms. The van der Waals surface area contributed by atoms with Gasteiger partial charge in [0.2, 0.25) is 0 Å². The Hall–Kier alpha value is -1.32. The predicted molar refractivity (Wildman–Crippen MR) is 109 cm³/mol. The van der Waals surface area contributed by atoms with Crippen molar-refractivity contribution in [2.24, 2.45) is 16.3 Å². The molecule has 1 unspecified atom stereocenters. The molecule has 0 radical (unpaired) electrons. The van der Waals surface area contributed by atoms with E-state index in [0.717, 1.165) is 24.2 Å². The normalized spacial score (nSPS) is 20.3. The van der Waals surface area contributed by atoms with E-state index in [1.54, 1.807) is 0 Å². The number of hydrogen-bond donors (Lipinski definition) is 1. The van der Waals surface area contributed by atoms with E-state index < -0.39 is 0 Å². The maximum absolute atomic E-state index is 9.63. The molecule has 1 heterocycles. The van der Waals surface area contributed by atoms with Crippen LogP contribution in [0.15, 0.2) is 51.2 Å². The second kappa shape index (κ2) is 6.77. The van der Waals surface area contributed by atoms with Gasteiger partial charge >= 0.3 is 0 Å².